The molecule has 0 aliphatic heterocycles. The molecule has 0 spiro atoms. The van der Waals surface area contributed by atoms with E-state index in [-0.39, 0.29) is 11.7 Å². The number of hydrogen-bond acceptors (Lipinski definition) is 4. The van der Waals surface area contributed by atoms with E-state index in [4.69, 9.17) is 9.52 Å². The molecule has 0 aromatic carbocycles. The highest BCUT2D eigenvalue weighted by molar-refractivity contribution is 5.84. The fourth-order valence-corrected chi connectivity index (χ4v) is 1.13. The quantitative estimate of drug-likeness (QED) is 0.815. The van der Waals surface area contributed by atoms with Crippen LogP contribution in [0, 0.1) is 0 Å². The minimum Gasteiger partial charge on any atom is -0.476 e. The lowest BCUT2D eigenvalue weighted by Gasteiger charge is -1.90. The van der Waals surface area contributed by atoms with Gasteiger partial charge >= 0.3 is 12.0 Å². The zero-order valence-electron chi connectivity index (χ0n) is 8.04. The Balaban J connectivity index is 2.32. The fourth-order valence-electron chi connectivity index (χ4n) is 1.13. The average molecular weight is 207 g/mol. The Kier molecular flexibility index (Phi) is 2.24. The van der Waals surface area contributed by atoms with E-state index in [1.165, 1.54) is 6.33 Å². The number of carboxylic acid groups (broad SMARTS) is 1. The highest BCUT2D eigenvalue weighted by Crippen LogP contribution is 2.09. The second kappa shape index (κ2) is 3.56. The van der Waals surface area contributed by atoms with E-state index in [1.54, 1.807) is 10.8 Å². The van der Waals surface area contributed by atoms with Crippen molar-refractivity contribution in [3.63, 3.8) is 0 Å². The van der Waals surface area contributed by atoms with Gasteiger partial charge < -0.3 is 9.52 Å². The van der Waals surface area contributed by atoms with Crippen LogP contribution in [0.4, 0.5) is 0 Å². The number of aromatic carboxylic acids is 1. The molecule has 2 heterocycles. The number of imidazole rings is 1. The number of oxazole rings is 1. The summed E-state index contributed by atoms with van der Waals surface area (Å²) >= 11 is 0. The number of aryl methyl sites for hydroxylation is 1. The van der Waals surface area contributed by atoms with Crippen LogP contribution < -0.4 is 0 Å². The summed E-state index contributed by atoms with van der Waals surface area (Å²) in [5, 5.41) is 8.65. The highest BCUT2D eigenvalue weighted by Gasteiger charge is 2.11. The monoisotopic (exact) mass is 207 g/mol. The van der Waals surface area contributed by atoms with Gasteiger partial charge in [-0.15, -0.1) is 0 Å². The van der Waals surface area contributed by atoms with Crippen molar-refractivity contribution in [2.24, 2.45) is 0 Å². The molecular weight excluding hydrogens is 198 g/mol. The Morgan fingerprint density at radius 1 is 1.67 bits per heavy atom. The van der Waals surface area contributed by atoms with Gasteiger partial charge in [0.2, 0.25) is 0 Å². The van der Waals surface area contributed by atoms with Crippen LogP contribution in [0.25, 0.3) is 6.01 Å². The first kappa shape index (κ1) is 9.45. The Morgan fingerprint density at radius 2 is 2.47 bits per heavy atom. The standard InChI is InChI=1S/C9H9N3O3/c1-2-6-3-12(5-10-6)9-11-7(4-15-9)8(13)14/h3-5H,2H2,1H3,(H,13,14). The molecule has 2 aromatic rings. The first-order chi connectivity index (χ1) is 7.20. The first-order valence-electron chi connectivity index (χ1n) is 4.42. The Bertz CT molecular complexity index is 486. The number of carboxylic acids is 1. The van der Waals surface area contributed by atoms with Gasteiger partial charge in [0.15, 0.2) is 5.69 Å². The van der Waals surface area contributed by atoms with Crippen LogP contribution in [0.1, 0.15) is 23.1 Å². The van der Waals surface area contributed by atoms with E-state index in [1.807, 2.05) is 6.92 Å². The average Bonchev–Trinajstić information content (AvgIpc) is 2.86. The topological polar surface area (TPSA) is 81.2 Å². The van der Waals surface area contributed by atoms with Crippen molar-refractivity contribution in [1.82, 2.24) is 14.5 Å². The zero-order chi connectivity index (χ0) is 10.8. The maximum absolute atomic E-state index is 10.6. The van der Waals surface area contributed by atoms with Crippen LogP contribution in [-0.4, -0.2) is 25.6 Å². The molecule has 0 aliphatic rings. The number of nitrogens with zero attached hydrogens (tertiary/aromatic N) is 3. The highest BCUT2D eigenvalue weighted by atomic mass is 16.4. The molecule has 0 atom stereocenters. The maximum atomic E-state index is 10.6. The second-order valence-electron chi connectivity index (χ2n) is 2.95. The molecule has 2 aromatic heterocycles. The van der Waals surface area contributed by atoms with Crippen LogP contribution >= 0.6 is 0 Å². The third-order valence-corrected chi connectivity index (χ3v) is 1.93. The third-order valence-electron chi connectivity index (χ3n) is 1.93. The van der Waals surface area contributed by atoms with Crippen molar-refractivity contribution < 1.29 is 14.3 Å². The predicted molar refractivity (Wildman–Crippen MR) is 50.0 cm³/mol. The van der Waals surface area contributed by atoms with Gasteiger partial charge in [0, 0.05) is 6.20 Å². The molecule has 0 amide bonds. The first-order valence-corrected chi connectivity index (χ1v) is 4.42. The maximum Gasteiger partial charge on any atom is 0.357 e. The summed E-state index contributed by atoms with van der Waals surface area (Å²) in [7, 11) is 0. The Morgan fingerprint density at radius 3 is 3.00 bits per heavy atom. The van der Waals surface area contributed by atoms with Gasteiger partial charge in [-0.25, -0.2) is 9.78 Å². The SMILES string of the molecule is CCc1cn(-c2nc(C(=O)O)co2)cn1. The van der Waals surface area contributed by atoms with Gasteiger partial charge in [0.1, 0.15) is 12.6 Å². The normalized spacial score (nSPS) is 10.5. The molecule has 0 saturated carbocycles. The minimum absolute atomic E-state index is 0.114. The van der Waals surface area contributed by atoms with Gasteiger partial charge in [0.25, 0.3) is 0 Å². The second-order valence-corrected chi connectivity index (χ2v) is 2.95. The summed E-state index contributed by atoms with van der Waals surface area (Å²) in [6.45, 7) is 1.98. The molecule has 15 heavy (non-hydrogen) atoms. The van der Waals surface area contributed by atoms with Crippen LogP contribution in [0.3, 0.4) is 0 Å². The summed E-state index contributed by atoms with van der Waals surface area (Å²) < 4.78 is 6.55. The van der Waals surface area contributed by atoms with Crippen LogP contribution in [0.2, 0.25) is 0 Å². The lowest BCUT2D eigenvalue weighted by Crippen LogP contribution is -1.97. The van der Waals surface area contributed by atoms with E-state index >= 15 is 0 Å². The van der Waals surface area contributed by atoms with Crippen LogP contribution in [0.5, 0.6) is 0 Å². The van der Waals surface area contributed by atoms with E-state index in [0.717, 1.165) is 18.4 Å². The van der Waals surface area contributed by atoms with E-state index in [2.05, 4.69) is 9.97 Å². The van der Waals surface area contributed by atoms with Crippen LogP contribution in [-0.2, 0) is 6.42 Å². The lowest BCUT2D eigenvalue weighted by molar-refractivity contribution is 0.0690. The molecular formula is C9H9N3O3. The van der Waals surface area contributed by atoms with Gasteiger partial charge in [-0.1, -0.05) is 6.92 Å². The van der Waals surface area contributed by atoms with Crippen molar-refractivity contribution in [1.29, 1.82) is 0 Å². The van der Waals surface area contributed by atoms with Gasteiger partial charge in [-0.05, 0) is 6.42 Å². The van der Waals surface area contributed by atoms with E-state index in [9.17, 15) is 4.79 Å². The zero-order valence-corrected chi connectivity index (χ0v) is 8.04. The molecule has 0 bridgehead atoms. The predicted octanol–water partition coefficient (Wildman–Crippen LogP) is 1.12. The van der Waals surface area contributed by atoms with Crippen molar-refractivity contribution >= 4 is 5.97 Å². The van der Waals surface area contributed by atoms with Crippen molar-refractivity contribution in [2.75, 3.05) is 0 Å². The van der Waals surface area contributed by atoms with Gasteiger partial charge in [0.05, 0.1) is 5.69 Å². The molecule has 0 saturated heterocycles. The third kappa shape index (κ3) is 1.74. The van der Waals surface area contributed by atoms with Gasteiger partial charge in [-0.2, -0.15) is 4.98 Å². The minimum atomic E-state index is -1.11. The molecule has 0 fully saturated rings. The molecule has 0 aliphatic carbocycles. The van der Waals surface area contributed by atoms with Crippen molar-refractivity contribution in [3.05, 3.63) is 30.2 Å². The van der Waals surface area contributed by atoms with E-state index in [0.29, 0.717) is 0 Å². The molecule has 78 valence electrons. The molecule has 1 N–H and O–H groups in total. The van der Waals surface area contributed by atoms with Crippen LogP contribution in [0.15, 0.2) is 23.2 Å². The Labute approximate surface area is 85.2 Å². The molecule has 0 radical (unpaired) electrons. The fraction of sp³-hybridized carbons (Fsp3) is 0.222. The van der Waals surface area contributed by atoms with Crippen molar-refractivity contribution in [3.8, 4) is 6.01 Å². The molecule has 0 unspecified atom stereocenters. The molecule has 6 nitrogen and oxygen atoms in total. The summed E-state index contributed by atoms with van der Waals surface area (Å²) in [6, 6.07) is 0.208. The summed E-state index contributed by atoms with van der Waals surface area (Å²) in [5.41, 5.74) is 0.779. The largest absolute Gasteiger partial charge is 0.476 e. The summed E-state index contributed by atoms with van der Waals surface area (Å²) in [4.78, 5) is 18.4. The van der Waals surface area contributed by atoms with E-state index < -0.39 is 5.97 Å². The number of hydrogen-bond donors (Lipinski definition) is 1. The van der Waals surface area contributed by atoms with Gasteiger partial charge in [-0.3, -0.25) is 4.57 Å². The molecule has 6 heteroatoms. The molecule has 2 rings (SSSR count). The van der Waals surface area contributed by atoms with Crippen molar-refractivity contribution in [2.45, 2.75) is 13.3 Å². The number of carbonyl (C=O) groups is 1. The Hall–Kier alpha value is -2.11. The number of aromatic nitrogens is 3. The lowest BCUT2D eigenvalue weighted by atomic mass is 10.4. The smallest absolute Gasteiger partial charge is 0.357 e. The summed E-state index contributed by atoms with van der Waals surface area (Å²) in [5.74, 6) is -1.11. The summed E-state index contributed by atoms with van der Waals surface area (Å²) in [6.07, 6.45) is 5.19. The number of rotatable bonds is 3.